The van der Waals surface area contributed by atoms with E-state index < -0.39 is 0 Å². The van der Waals surface area contributed by atoms with Crippen molar-refractivity contribution in [2.24, 2.45) is 0 Å². The van der Waals surface area contributed by atoms with Gasteiger partial charge in [-0.3, -0.25) is 0 Å². The number of thioether (sulfide) groups is 2. The van der Waals surface area contributed by atoms with Crippen LogP contribution in [0.15, 0.2) is 0 Å². The third kappa shape index (κ3) is 7.33. The van der Waals surface area contributed by atoms with Gasteiger partial charge >= 0.3 is 0 Å². The van der Waals surface area contributed by atoms with E-state index in [4.69, 9.17) is 24.4 Å². The summed E-state index contributed by atoms with van der Waals surface area (Å²) >= 11 is 14.8. The molecule has 0 unspecified atom stereocenters. The van der Waals surface area contributed by atoms with Crippen molar-refractivity contribution in [2.75, 3.05) is 78.0 Å². The topological polar surface area (TPSA) is 13.0 Å². The van der Waals surface area contributed by atoms with Crippen LogP contribution in [0.2, 0.25) is 0 Å². The predicted molar refractivity (Wildman–Crippen MR) is 117 cm³/mol. The van der Waals surface area contributed by atoms with E-state index in [1.54, 1.807) is 0 Å². The zero-order chi connectivity index (χ0) is 17.4. The lowest BCUT2D eigenvalue weighted by Crippen LogP contribution is -2.45. The first-order valence-corrected chi connectivity index (χ1v) is 11.6. The molecule has 8 heteroatoms. The van der Waals surface area contributed by atoms with Crippen molar-refractivity contribution in [2.45, 2.75) is 12.8 Å². The molecular formula is C16H30N4S4. The standard InChI is InChI=1S/C16H30N4S4/c1-17-5-9-19(10-6-17)15(21)23-13-3-4-14-24-16(22)20-11-7-18(2)8-12-20/h3-14H2,1-2H3. The van der Waals surface area contributed by atoms with E-state index in [0.29, 0.717) is 0 Å². The predicted octanol–water partition coefficient (Wildman–Crippen LogP) is 2.30. The first-order valence-electron chi connectivity index (χ1n) is 8.77. The Morgan fingerprint density at radius 3 is 1.33 bits per heavy atom. The molecule has 0 amide bonds. The van der Waals surface area contributed by atoms with Crippen LogP contribution in [0.1, 0.15) is 12.8 Å². The zero-order valence-corrected chi connectivity index (χ0v) is 18.2. The largest absolute Gasteiger partial charge is 0.355 e. The SMILES string of the molecule is CN1CCN(C(=S)SCCCCSC(=S)N2CCN(C)CC2)CC1. The number of nitrogens with zero attached hydrogens (tertiary/aromatic N) is 4. The Labute approximate surface area is 166 Å². The Hall–Kier alpha value is 0.400. The highest BCUT2D eigenvalue weighted by atomic mass is 32.2. The molecule has 2 aliphatic rings. The van der Waals surface area contributed by atoms with Crippen LogP contribution < -0.4 is 0 Å². The lowest BCUT2D eigenvalue weighted by molar-refractivity contribution is 0.220. The molecule has 138 valence electrons. The fourth-order valence-corrected chi connectivity index (χ4v) is 5.33. The Balaban J connectivity index is 1.48. The van der Waals surface area contributed by atoms with Gasteiger partial charge in [0.05, 0.1) is 0 Å². The third-order valence-electron chi connectivity index (χ3n) is 4.51. The summed E-state index contributed by atoms with van der Waals surface area (Å²) < 4.78 is 2.17. The van der Waals surface area contributed by atoms with E-state index in [1.165, 1.54) is 12.8 Å². The second-order valence-electron chi connectivity index (χ2n) is 6.52. The van der Waals surface area contributed by atoms with Gasteiger partial charge in [0.2, 0.25) is 0 Å². The molecule has 24 heavy (non-hydrogen) atoms. The normalized spacial score (nSPS) is 20.4. The fraction of sp³-hybridized carbons (Fsp3) is 0.875. The monoisotopic (exact) mass is 406 g/mol. The van der Waals surface area contributed by atoms with Gasteiger partial charge in [-0.1, -0.05) is 48.0 Å². The summed E-state index contributed by atoms with van der Waals surface area (Å²) in [7, 11) is 4.36. The van der Waals surface area contributed by atoms with Crippen molar-refractivity contribution in [1.82, 2.24) is 19.6 Å². The highest BCUT2D eigenvalue weighted by Crippen LogP contribution is 2.17. The van der Waals surface area contributed by atoms with Gasteiger partial charge in [0.15, 0.2) is 0 Å². The molecule has 0 atom stereocenters. The minimum atomic E-state index is 1.08. The van der Waals surface area contributed by atoms with Gasteiger partial charge in [-0.25, -0.2) is 0 Å². The molecule has 0 spiro atoms. The molecule has 2 aliphatic heterocycles. The molecule has 0 bridgehead atoms. The average molecular weight is 407 g/mol. The summed E-state index contributed by atoms with van der Waals surface area (Å²) in [5.41, 5.74) is 0. The number of thiocarbonyl (C=S) groups is 2. The van der Waals surface area contributed by atoms with E-state index in [-0.39, 0.29) is 0 Å². The second kappa shape index (κ2) is 11.2. The number of hydrogen-bond acceptors (Lipinski definition) is 6. The first kappa shape index (κ1) is 20.7. The van der Waals surface area contributed by atoms with Gasteiger partial charge in [0.1, 0.15) is 8.64 Å². The van der Waals surface area contributed by atoms with Gasteiger partial charge in [-0.05, 0) is 26.9 Å². The molecule has 0 aliphatic carbocycles. The van der Waals surface area contributed by atoms with E-state index in [9.17, 15) is 0 Å². The smallest absolute Gasteiger partial charge is 0.136 e. The summed E-state index contributed by atoms with van der Waals surface area (Å²) in [6.45, 7) is 8.83. The van der Waals surface area contributed by atoms with Gasteiger partial charge in [0.25, 0.3) is 0 Å². The van der Waals surface area contributed by atoms with E-state index >= 15 is 0 Å². The number of hydrogen-bond donors (Lipinski definition) is 0. The van der Waals surface area contributed by atoms with Crippen LogP contribution in [0.5, 0.6) is 0 Å². The van der Waals surface area contributed by atoms with E-state index in [0.717, 1.165) is 72.5 Å². The first-order chi connectivity index (χ1) is 11.6. The van der Waals surface area contributed by atoms with Gasteiger partial charge < -0.3 is 19.6 Å². The molecule has 0 aromatic rings. The molecule has 2 saturated heterocycles. The number of unbranched alkanes of at least 4 members (excludes halogenated alkanes) is 1. The summed E-state index contributed by atoms with van der Waals surface area (Å²) in [5, 5.41) is 0. The van der Waals surface area contributed by atoms with E-state index in [2.05, 4.69) is 33.7 Å². The van der Waals surface area contributed by atoms with Crippen LogP contribution in [0, 0.1) is 0 Å². The van der Waals surface area contributed by atoms with E-state index in [1.807, 2.05) is 23.5 Å². The molecule has 0 aromatic heterocycles. The summed E-state index contributed by atoms with van der Waals surface area (Å²) in [5.74, 6) is 2.26. The van der Waals surface area contributed by atoms with Crippen LogP contribution in [-0.4, -0.2) is 106 Å². The van der Waals surface area contributed by atoms with Gasteiger partial charge in [-0.2, -0.15) is 0 Å². The van der Waals surface area contributed by atoms with Crippen molar-refractivity contribution in [3.8, 4) is 0 Å². The highest BCUT2D eigenvalue weighted by Gasteiger charge is 2.17. The molecule has 0 radical (unpaired) electrons. The van der Waals surface area contributed by atoms with Gasteiger partial charge in [-0.15, -0.1) is 0 Å². The fourth-order valence-electron chi connectivity index (χ4n) is 2.68. The molecule has 0 N–H and O–H groups in total. The molecular weight excluding hydrogens is 376 g/mol. The lowest BCUT2D eigenvalue weighted by atomic mass is 10.4. The van der Waals surface area contributed by atoms with Crippen molar-refractivity contribution in [1.29, 1.82) is 0 Å². The van der Waals surface area contributed by atoms with Crippen LogP contribution in [0.4, 0.5) is 0 Å². The Morgan fingerprint density at radius 2 is 1.00 bits per heavy atom. The minimum Gasteiger partial charge on any atom is -0.355 e. The quantitative estimate of drug-likeness (QED) is 0.503. The van der Waals surface area contributed by atoms with Crippen LogP contribution in [0.25, 0.3) is 0 Å². The Kier molecular flexibility index (Phi) is 9.65. The van der Waals surface area contributed by atoms with Crippen molar-refractivity contribution < 1.29 is 0 Å². The average Bonchev–Trinajstić information content (AvgIpc) is 2.58. The maximum absolute atomic E-state index is 5.56. The van der Waals surface area contributed by atoms with Crippen molar-refractivity contribution >= 4 is 56.6 Å². The summed E-state index contributed by atoms with van der Waals surface area (Å²) in [6, 6.07) is 0. The van der Waals surface area contributed by atoms with Crippen molar-refractivity contribution in [3.05, 3.63) is 0 Å². The summed E-state index contributed by atoms with van der Waals surface area (Å²) in [4.78, 5) is 9.45. The van der Waals surface area contributed by atoms with Crippen LogP contribution in [0.3, 0.4) is 0 Å². The summed E-state index contributed by atoms with van der Waals surface area (Å²) in [6.07, 6.45) is 2.44. The van der Waals surface area contributed by atoms with Crippen molar-refractivity contribution in [3.63, 3.8) is 0 Å². The zero-order valence-electron chi connectivity index (χ0n) is 14.9. The maximum Gasteiger partial charge on any atom is 0.136 e. The lowest BCUT2D eigenvalue weighted by Gasteiger charge is -2.34. The third-order valence-corrected chi connectivity index (χ3v) is 7.73. The Bertz CT molecular complexity index is 367. The molecule has 2 rings (SSSR count). The molecule has 2 fully saturated rings. The van der Waals surface area contributed by atoms with Gasteiger partial charge in [0, 0.05) is 63.9 Å². The molecule has 2 heterocycles. The van der Waals surface area contributed by atoms with Crippen LogP contribution >= 0.6 is 48.0 Å². The molecule has 4 nitrogen and oxygen atoms in total. The molecule has 0 saturated carbocycles. The molecule has 0 aromatic carbocycles. The van der Waals surface area contributed by atoms with Crippen LogP contribution in [-0.2, 0) is 0 Å². The minimum absolute atomic E-state index is 1.08. The maximum atomic E-state index is 5.56. The number of rotatable bonds is 5. The number of piperazine rings is 2. The number of likely N-dealkylation sites (N-methyl/N-ethyl adjacent to an activating group) is 2. The Morgan fingerprint density at radius 1 is 0.667 bits per heavy atom. The highest BCUT2D eigenvalue weighted by molar-refractivity contribution is 8.23. The second-order valence-corrected chi connectivity index (χ2v) is 9.97.